The van der Waals surface area contributed by atoms with E-state index < -0.39 is 47.3 Å². The summed E-state index contributed by atoms with van der Waals surface area (Å²) in [6, 6.07) is -2.56. The molecule has 0 saturated carbocycles. The van der Waals surface area contributed by atoms with Crippen molar-refractivity contribution < 1.29 is 36.3 Å². The van der Waals surface area contributed by atoms with Crippen molar-refractivity contribution in [3.63, 3.8) is 0 Å². The van der Waals surface area contributed by atoms with Gasteiger partial charge in [-0.3, -0.25) is 0 Å². The Labute approximate surface area is 177 Å². The van der Waals surface area contributed by atoms with Gasteiger partial charge < -0.3 is 25.5 Å². The summed E-state index contributed by atoms with van der Waals surface area (Å²) in [6.45, 7) is 2.91. The zero-order valence-corrected chi connectivity index (χ0v) is 16.7. The Morgan fingerprint density at radius 1 is 1.22 bits per heavy atom. The first-order chi connectivity index (χ1) is 15.0. The molecule has 0 aliphatic heterocycles. The van der Waals surface area contributed by atoms with Crippen LogP contribution in [0.4, 0.5) is 38.4 Å². The number of fused-ring (bicyclic) bond motifs is 1. The number of furan rings is 1. The quantitative estimate of drug-likeness (QED) is 0.414. The van der Waals surface area contributed by atoms with Crippen LogP contribution in [0, 0.1) is 18.6 Å². The monoisotopic (exact) mass is 459 g/mol. The molecule has 2 heterocycles. The Bertz CT molecular complexity index is 1120. The van der Waals surface area contributed by atoms with Crippen molar-refractivity contribution in [3.8, 4) is 0 Å². The van der Waals surface area contributed by atoms with Crippen LogP contribution in [0.1, 0.15) is 24.3 Å². The third-order valence-corrected chi connectivity index (χ3v) is 4.32. The second kappa shape index (κ2) is 8.94. The number of carbonyl (C=O) groups is 1. The zero-order chi connectivity index (χ0) is 23.6. The number of amides is 2. The first kappa shape index (κ1) is 23.2. The lowest BCUT2D eigenvalue weighted by Crippen LogP contribution is -2.40. The number of carbonyl (C=O) groups excluding carboxylic acids is 1. The number of aromatic nitrogens is 2. The highest BCUT2D eigenvalue weighted by Gasteiger charge is 2.45. The lowest BCUT2D eigenvalue weighted by atomic mass is 10.1. The standard InChI is InChI=1S/C19H18F5N5O3/c1-8(30)5-25-17-26-6-11(7-27-17)28-18(31)29-16(19(22,23)24)14-9(2)12-3-10(20)4-13(21)15(12)32-14/h3-4,6-8,16,30H,5H2,1-2H3,(H,25,26,27)(H2,28,29,31)/t8-,16-/m0/s1. The van der Waals surface area contributed by atoms with Crippen LogP contribution in [0.5, 0.6) is 0 Å². The van der Waals surface area contributed by atoms with Gasteiger partial charge in [0.25, 0.3) is 0 Å². The van der Waals surface area contributed by atoms with Crippen molar-refractivity contribution in [2.75, 3.05) is 17.2 Å². The summed E-state index contributed by atoms with van der Waals surface area (Å²) in [7, 11) is 0. The van der Waals surface area contributed by atoms with Gasteiger partial charge in [0.15, 0.2) is 17.4 Å². The van der Waals surface area contributed by atoms with Crippen LogP contribution >= 0.6 is 0 Å². The minimum absolute atomic E-state index is 0.0135. The van der Waals surface area contributed by atoms with Crippen LogP contribution in [0.25, 0.3) is 11.0 Å². The van der Waals surface area contributed by atoms with Crippen molar-refractivity contribution in [1.29, 1.82) is 0 Å². The van der Waals surface area contributed by atoms with E-state index in [-0.39, 0.29) is 29.1 Å². The molecule has 0 unspecified atom stereocenters. The molecule has 0 aliphatic rings. The van der Waals surface area contributed by atoms with E-state index in [1.54, 1.807) is 12.2 Å². The first-order valence-corrected chi connectivity index (χ1v) is 9.22. The molecule has 0 fully saturated rings. The summed E-state index contributed by atoms with van der Waals surface area (Å²) in [4.78, 5) is 19.9. The van der Waals surface area contributed by atoms with Crippen molar-refractivity contribution in [2.45, 2.75) is 32.2 Å². The Kier molecular flexibility index (Phi) is 6.48. The third-order valence-electron chi connectivity index (χ3n) is 4.32. The number of hydrogen-bond acceptors (Lipinski definition) is 6. The molecule has 2 aromatic heterocycles. The Balaban J connectivity index is 1.80. The Morgan fingerprint density at radius 2 is 1.88 bits per heavy atom. The predicted molar refractivity (Wildman–Crippen MR) is 104 cm³/mol. The maximum absolute atomic E-state index is 13.9. The fourth-order valence-corrected chi connectivity index (χ4v) is 2.85. The second-order valence-corrected chi connectivity index (χ2v) is 6.95. The smallest absolute Gasteiger partial charge is 0.416 e. The molecule has 0 saturated heterocycles. The third kappa shape index (κ3) is 5.22. The molecule has 0 aliphatic carbocycles. The number of aliphatic hydroxyl groups excluding tert-OH is 1. The van der Waals surface area contributed by atoms with E-state index in [1.165, 1.54) is 6.92 Å². The minimum atomic E-state index is -5.00. The molecule has 13 heteroatoms. The summed E-state index contributed by atoms with van der Waals surface area (Å²) in [5.74, 6) is -2.79. The van der Waals surface area contributed by atoms with Gasteiger partial charge >= 0.3 is 12.2 Å². The number of aliphatic hydroxyl groups is 1. The number of nitrogens with one attached hydrogen (secondary N) is 3. The number of benzene rings is 1. The molecule has 0 spiro atoms. The van der Waals surface area contributed by atoms with Crippen LogP contribution in [0.3, 0.4) is 0 Å². The summed E-state index contributed by atoms with van der Waals surface area (Å²) in [5.41, 5.74) is -0.734. The Hall–Kier alpha value is -3.48. The van der Waals surface area contributed by atoms with Gasteiger partial charge in [-0.25, -0.2) is 23.5 Å². The highest BCUT2D eigenvalue weighted by molar-refractivity contribution is 5.89. The van der Waals surface area contributed by atoms with Gasteiger partial charge in [0.1, 0.15) is 11.6 Å². The Morgan fingerprint density at radius 3 is 2.47 bits per heavy atom. The SMILES string of the molecule is Cc1c([C@H](NC(=O)Nc2cnc(NC[C@H](C)O)nc2)C(F)(F)F)oc2c(F)cc(F)cc12. The van der Waals surface area contributed by atoms with Gasteiger partial charge in [-0.2, -0.15) is 13.2 Å². The first-order valence-electron chi connectivity index (χ1n) is 9.22. The number of nitrogens with zero attached hydrogens (tertiary/aromatic N) is 2. The number of aryl methyl sites for hydroxylation is 1. The number of rotatable bonds is 6. The number of urea groups is 1. The van der Waals surface area contributed by atoms with Crippen LogP contribution in [-0.2, 0) is 0 Å². The fraction of sp³-hybridized carbons (Fsp3) is 0.316. The molecule has 2 amide bonds. The molecule has 4 N–H and O–H groups in total. The van der Waals surface area contributed by atoms with E-state index in [9.17, 15) is 31.9 Å². The summed E-state index contributed by atoms with van der Waals surface area (Å²) < 4.78 is 73.5. The molecule has 32 heavy (non-hydrogen) atoms. The van der Waals surface area contributed by atoms with Crippen molar-refractivity contribution in [1.82, 2.24) is 15.3 Å². The van der Waals surface area contributed by atoms with Gasteiger partial charge in [-0.05, 0) is 19.9 Å². The number of halogens is 5. The largest absolute Gasteiger partial charge is 0.455 e. The molecule has 1 aromatic carbocycles. The molecule has 2 atom stereocenters. The normalized spacial score (nSPS) is 13.6. The molecule has 3 rings (SSSR count). The average molecular weight is 459 g/mol. The van der Waals surface area contributed by atoms with E-state index in [4.69, 9.17) is 4.42 Å². The second-order valence-electron chi connectivity index (χ2n) is 6.95. The summed E-state index contributed by atoms with van der Waals surface area (Å²) in [5, 5.41) is 15.6. The molecule has 172 valence electrons. The van der Waals surface area contributed by atoms with Gasteiger partial charge in [0.05, 0.1) is 24.2 Å². The highest BCUT2D eigenvalue weighted by Crippen LogP contribution is 2.39. The van der Waals surface area contributed by atoms with Crippen LogP contribution in [0.2, 0.25) is 0 Å². The van der Waals surface area contributed by atoms with Crippen LogP contribution < -0.4 is 16.0 Å². The lowest BCUT2D eigenvalue weighted by Gasteiger charge is -2.20. The average Bonchev–Trinajstić information content (AvgIpc) is 3.01. The van der Waals surface area contributed by atoms with Gasteiger partial charge in [-0.15, -0.1) is 0 Å². The number of anilines is 2. The molecule has 0 radical (unpaired) electrons. The molecule has 8 nitrogen and oxygen atoms in total. The highest BCUT2D eigenvalue weighted by atomic mass is 19.4. The van der Waals surface area contributed by atoms with Crippen molar-refractivity contribution >= 4 is 28.6 Å². The minimum Gasteiger partial charge on any atom is -0.455 e. The maximum Gasteiger partial charge on any atom is 0.416 e. The fourth-order valence-electron chi connectivity index (χ4n) is 2.85. The van der Waals surface area contributed by atoms with Gasteiger partial charge in [0, 0.05) is 23.6 Å². The van der Waals surface area contributed by atoms with E-state index in [1.807, 2.05) is 0 Å². The molecular weight excluding hydrogens is 441 g/mol. The van der Waals surface area contributed by atoms with E-state index in [0.29, 0.717) is 6.07 Å². The molecule has 3 aromatic rings. The van der Waals surface area contributed by atoms with E-state index in [2.05, 4.69) is 20.6 Å². The van der Waals surface area contributed by atoms with E-state index >= 15 is 0 Å². The van der Waals surface area contributed by atoms with Crippen molar-refractivity contribution in [2.24, 2.45) is 0 Å². The van der Waals surface area contributed by atoms with Gasteiger partial charge in [-0.1, -0.05) is 0 Å². The number of hydrogen-bond donors (Lipinski definition) is 4. The maximum atomic E-state index is 13.9. The van der Waals surface area contributed by atoms with Gasteiger partial charge in [0.2, 0.25) is 5.95 Å². The zero-order valence-electron chi connectivity index (χ0n) is 16.7. The predicted octanol–water partition coefficient (Wildman–Crippen LogP) is 4.03. The topological polar surface area (TPSA) is 112 Å². The number of alkyl halides is 3. The molecule has 0 bridgehead atoms. The molecular formula is C19H18F5N5O3. The lowest BCUT2D eigenvalue weighted by molar-refractivity contribution is -0.158. The van der Waals surface area contributed by atoms with Crippen molar-refractivity contribution in [3.05, 3.63) is 47.5 Å². The van der Waals surface area contributed by atoms with Crippen LogP contribution in [0.15, 0.2) is 28.9 Å². The van der Waals surface area contributed by atoms with E-state index in [0.717, 1.165) is 18.5 Å². The summed E-state index contributed by atoms with van der Waals surface area (Å²) >= 11 is 0. The van der Waals surface area contributed by atoms with Crippen LogP contribution in [-0.4, -0.2) is 39.9 Å². The summed E-state index contributed by atoms with van der Waals surface area (Å²) in [6.07, 6.45) is -3.38.